The van der Waals surface area contributed by atoms with Crippen LogP contribution < -0.4 is 105 Å². The van der Waals surface area contributed by atoms with Gasteiger partial charge in [-0.25, -0.2) is 25.3 Å². The third kappa shape index (κ3) is 9.79. The number of fused-ring (bicyclic) bond motifs is 1. The monoisotopic (exact) mass is 777 g/mol. The number of carbonyl (C=O) groups excluding carboxylic acids is 1. The van der Waals surface area contributed by atoms with Gasteiger partial charge in [0, 0.05) is 16.5 Å². The first-order valence-corrected chi connectivity index (χ1v) is 16.8. The standard InChI is InChI=1S/C23H18ClN9O10S3.3Na/c1-10-19(31-30-15-7-11(5-6-17(15)45(38,39)40)26-23-28-21(24)27-22(25)29-23)20(34)33(32-10)12-8-14-13(18(9-12)46(41,42)43)3-2-4-16(14)44(35,36)37;;;/h2-9,19H,1H3,(H,35,36,37)(H,38,39,40)(H,41,42,43)(H3,25,26,27,28,29);;;/q;3*+1/p-3. The molecule has 3 aromatic carbocycles. The third-order valence-electron chi connectivity index (χ3n) is 6.17. The Balaban J connectivity index is 0.00000278. The normalized spacial score (nSPS) is 15.0. The number of rotatable bonds is 8. The van der Waals surface area contributed by atoms with Crippen LogP contribution in [-0.2, 0) is 35.1 Å². The van der Waals surface area contributed by atoms with Crippen LogP contribution in [0.1, 0.15) is 6.92 Å². The number of aromatic nitrogens is 3. The first kappa shape index (κ1) is 43.5. The molecule has 4 aromatic rings. The second kappa shape index (κ2) is 16.3. The first-order valence-electron chi connectivity index (χ1n) is 12.2. The van der Waals surface area contributed by atoms with E-state index < -0.39 is 73.8 Å². The molecule has 3 N–H and O–H groups in total. The number of nitrogen functional groups attached to an aromatic ring is 1. The van der Waals surface area contributed by atoms with Gasteiger partial charge in [0.15, 0.2) is 6.04 Å². The number of nitrogens with zero attached hydrogens (tertiary/aromatic N) is 7. The van der Waals surface area contributed by atoms with Crippen LogP contribution in [-0.4, -0.2) is 71.5 Å². The van der Waals surface area contributed by atoms with Crippen molar-refractivity contribution in [2.75, 3.05) is 16.1 Å². The van der Waals surface area contributed by atoms with Crippen molar-refractivity contribution in [3.05, 3.63) is 53.8 Å². The summed E-state index contributed by atoms with van der Waals surface area (Å²) >= 11 is 5.76. The van der Waals surface area contributed by atoms with Gasteiger partial charge in [-0.15, -0.1) is 0 Å². The zero-order valence-electron chi connectivity index (χ0n) is 25.6. The van der Waals surface area contributed by atoms with Crippen molar-refractivity contribution in [3.8, 4) is 0 Å². The van der Waals surface area contributed by atoms with Crippen LogP contribution in [0.2, 0.25) is 5.28 Å². The molecule has 5 rings (SSSR count). The molecule has 0 fully saturated rings. The topological polar surface area (TPSA) is 306 Å². The number of azo groups is 1. The minimum absolute atomic E-state index is 0. The zero-order chi connectivity index (χ0) is 33.8. The summed E-state index contributed by atoms with van der Waals surface area (Å²) in [4.78, 5) is 22.0. The first-order chi connectivity index (χ1) is 21.3. The number of nitrogens with one attached hydrogen (secondary N) is 1. The Kier molecular flexibility index (Phi) is 14.5. The molecule has 0 radical (unpaired) electrons. The fourth-order valence-electron chi connectivity index (χ4n) is 4.29. The number of benzene rings is 3. The summed E-state index contributed by atoms with van der Waals surface area (Å²) in [6.45, 7) is 1.31. The molecule has 2 heterocycles. The maximum Gasteiger partial charge on any atom is 1.00 e. The van der Waals surface area contributed by atoms with Gasteiger partial charge in [-0.1, -0.05) is 12.1 Å². The average molecular weight is 778 g/mol. The van der Waals surface area contributed by atoms with Crippen molar-refractivity contribution in [3.63, 3.8) is 0 Å². The smallest absolute Gasteiger partial charge is 0.744 e. The molecule has 1 aliphatic heterocycles. The molecule has 26 heteroatoms. The van der Waals surface area contributed by atoms with E-state index in [0.29, 0.717) is 5.01 Å². The van der Waals surface area contributed by atoms with Gasteiger partial charge in [0.25, 0.3) is 5.91 Å². The number of halogens is 1. The van der Waals surface area contributed by atoms with Gasteiger partial charge < -0.3 is 24.7 Å². The number of anilines is 4. The quantitative estimate of drug-likeness (QED) is 0.0954. The van der Waals surface area contributed by atoms with E-state index in [1.165, 1.54) is 13.0 Å². The van der Waals surface area contributed by atoms with Gasteiger partial charge in [-0.2, -0.15) is 35.3 Å². The molecule has 19 nitrogen and oxygen atoms in total. The zero-order valence-corrected chi connectivity index (χ0v) is 34.8. The molecule has 240 valence electrons. The Morgan fingerprint density at radius 2 is 1.47 bits per heavy atom. The van der Waals surface area contributed by atoms with E-state index in [9.17, 15) is 43.7 Å². The number of hydrazone groups is 1. The third-order valence-corrected chi connectivity index (χ3v) is 9.00. The molecule has 0 spiro atoms. The van der Waals surface area contributed by atoms with Crippen molar-refractivity contribution in [2.24, 2.45) is 15.3 Å². The summed E-state index contributed by atoms with van der Waals surface area (Å²) in [5, 5.41) is 13.8. The van der Waals surface area contributed by atoms with E-state index in [1.54, 1.807) is 0 Å². The maximum absolute atomic E-state index is 13.4. The number of hydrogen-bond acceptors (Lipinski definition) is 18. The van der Waals surface area contributed by atoms with E-state index in [4.69, 9.17) is 17.3 Å². The van der Waals surface area contributed by atoms with Gasteiger partial charge in [0.2, 0.25) is 17.2 Å². The largest absolute Gasteiger partial charge is 1.00 e. The summed E-state index contributed by atoms with van der Waals surface area (Å²) < 4.78 is 108. The Bertz CT molecular complexity index is 2350. The number of nitrogens with two attached hydrogens (primary N) is 1. The van der Waals surface area contributed by atoms with Crippen LogP contribution >= 0.6 is 11.6 Å². The summed E-state index contributed by atoms with van der Waals surface area (Å²) in [6.07, 6.45) is 0. The van der Waals surface area contributed by atoms with Crippen LogP contribution in [0.25, 0.3) is 10.8 Å². The molecule has 0 bridgehead atoms. The minimum Gasteiger partial charge on any atom is -0.744 e. The van der Waals surface area contributed by atoms with Gasteiger partial charge in [-0.3, -0.25) is 4.79 Å². The second-order valence-corrected chi connectivity index (χ2v) is 13.6. The summed E-state index contributed by atoms with van der Waals surface area (Å²) in [5.74, 6) is -1.39. The molecular formula is C23H15ClN9Na3O10S3. The average Bonchev–Trinajstić information content (AvgIpc) is 3.21. The maximum atomic E-state index is 13.4. The van der Waals surface area contributed by atoms with Crippen LogP contribution in [0.15, 0.2) is 78.5 Å². The van der Waals surface area contributed by atoms with Crippen molar-refractivity contribution in [1.29, 1.82) is 0 Å². The molecule has 1 unspecified atom stereocenters. The number of hydrogen-bond donors (Lipinski definition) is 2. The Hall–Kier alpha value is -1.71. The SMILES string of the molecule is CC1=NN(c2cc(S(=O)(=O)[O-])c3cccc(S(=O)(=O)[O-])c3c2)C(=O)C1N=Nc1cc(Nc2nc(N)nc(Cl)n2)ccc1S(=O)(=O)[O-].[Na+].[Na+].[Na+]. The van der Waals surface area contributed by atoms with Crippen LogP contribution in [0, 0.1) is 0 Å². The number of amides is 1. The fourth-order valence-corrected chi connectivity index (χ4v) is 6.44. The van der Waals surface area contributed by atoms with E-state index in [1.807, 2.05) is 0 Å². The van der Waals surface area contributed by atoms with E-state index in [-0.39, 0.29) is 123 Å². The molecule has 0 aliphatic carbocycles. The van der Waals surface area contributed by atoms with Crippen molar-refractivity contribution >= 4 is 93.3 Å². The Morgan fingerprint density at radius 3 is 2.06 bits per heavy atom. The number of carbonyl (C=O) groups is 1. The minimum atomic E-state index is -5.28. The van der Waals surface area contributed by atoms with E-state index in [0.717, 1.165) is 42.5 Å². The molecule has 1 amide bonds. The van der Waals surface area contributed by atoms with Gasteiger partial charge >= 0.3 is 88.7 Å². The van der Waals surface area contributed by atoms with Crippen LogP contribution in [0.3, 0.4) is 0 Å². The molecular weight excluding hydrogens is 763 g/mol. The van der Waals surface area contributed by atoms with Crippen LogP contribution in [0.4, 0.5) is 29.0 Å². The summed E-state index contributed by atoms with van der Waals surface area (Å²) in [7, 11) is -15.6. The van der Waals surface area contributed by atoms with Gasteiger partial charge in [0.1, 0.15) is 36.0 Å². The predicted octanol–water partition coefficient (Wildman–Crippen LogP) is -7.40. The Morgan fingerprint density at radius 1 is 0.837 bits per heavy atom. The molecule has 1 aromatic heterocycles. The fraction of sp³-hybridized carbons (Fsp3) is 0.0870. The van der Waals surface area contributed by atoms with Crippen LogP contribution in [0.5, 0.6) is 0 Å². The van der Waals surface area contributed by atoms with E-state index >= 15 is 0 Å². The molecule has 1 atom stereocenters. The van der Waals surface area contributed by atoms with Gasteiger partial charge in [0.05, 0.1) is 26.1 Å². The van der Waals surface area contributed by atoms with Crippen molar-refractivity contribution in [2.45, 2.75) is 27.7 Å². The summed E-state index contributed by atoms with van der Waals surface area (Å²) in [6, 6.07) is 6.36. The van der Waals surface area contributed by atoms with E-state index in [2.05, 4.69) is 35.6 Å². The van der Waals surface area contributed by atoms with Crippen molar-refractivity contribution in [1.82, 2.24) is 15.0 Å². The van der Waals surface area contributed by atoms with Gasteiger partial charge in [-0.05, 0) is 54.9 Å². The van der Waals surface area contributed by atoms with Crippen molar-refractivity contribution < 1.29 is 132 Å². The molecule has 0 saturated carbocycles. The second-order valence-electron chi connectivity index (χ2n) is 9.26. The summed E-state index contributed by atoms with van der Waals surface area (Å²) in [5.41, 5.74) is 4.61. The molecule has 1 aliphatic rings. The Labute approximate surface area is 349 Å². The predicted molar refractivity (Wildman–Crippen MR) is 156 cm³/mol. The molecule has 0 saturated heterocycles. The molecule has 49 heavy (non-hydrogen) atoms.